The Morgan fingerprint density at radius 1 is 0.567 bits per heavy atom. The molecule has 4 aromatic carbocycles. The lowest BCUT2D eigenvalue weighted by Crippen LogP contribution is -2.14. The van der Waals surface area contributed by atoms with Crippen LogP contribution in [0, 0.1) is 13.8 Å². The van der Waals surface area contributed by atoms with E-state index in [1.165, 1.54) is 44.5 Å². The molecule has 0 spiro atoms. The van der Waals surface area contributed by atoms with Gasteiger partial charge in [-0.15, -0.1) is 0 Å². The Kier molecular flexibility index (Phi) is 4.29. The molecule has 1 aliphatic rings. The highest BCUT2D eigenvalue weighted by molar-refractivity contribution is 5.83. The third kappa shape index (κ3) is 3.11. The van der Waals surface area contributed by atoms with Crippen LogP contribution in [-0.2, 0) is 5.41 Å². The summed E-state index contributed by atoms with van der Waals surface area (Å²) < 4.78 is 0. The Morgan fingerprint density at radius 3 is 1.93 bits per heavy atom. The molecule has 30 heavy (non-hydrogen) atoms. The summed E-state index contributed by atoms with van der Waals surface area (Å²) in [5.74, 6) is 0. The average molecular weight is 390 g/mol. The number of rotatable bonds is 3. The molecule has 1 heteroatoms. The van der Waals surface area contributed by atoms with E-state index < -0.39 is 0 Å². The van der Waals surface area contributed by atoms with E-state index in [0.717, 1.165) is 11.4 Å². The molecule has 148 valence electrons. The molecule has 0 amide bonds. The maximum atomic E-state index is 3.53. The first-order valence-corrected chi connectivity index (χ1v) is 10.6. The van der Waals surface area contributed by atoms with Gasteiger partial charge < -0.3 is 5.32 Å². The molecular formula is C29H27N. The number of anilines is 2. The number of hydrogen-bond donors (Lipinski definition) is 1. The van der Waals surface area contributed by atoms with Gasteiger partial charge in [-0.05, 0) is 88.7 Å². The molecule has 0 bridgehead atoms. The van der Waals surface area contributed by atoms with Crippen molar-refractivity contribution in [2.75, 3.05) is 5.32 Å². The fourth-order valence-corrected chi connectivity index (χ4v) is 4.84. The highest BCUT2D eigenvalue weighted by atomic mass is 14.9. The van der Waals surface area contributed by atoms with E-state index in [9.17, 15) is 0 Å². The predicted molar refractivity (Wildman–Crippen MR) is 129 cm³/mol. The number of nitrogens with one attached hydrogen (secondary N) is 1. The first-order chi connectivity index (χ1) is 14.4. The van der Waals surface area contributed by atoms with E-state index in [0.29, 0.717) is 0 Å². The van der Waals surface area contributed by atoms with E-state index in [2.05, 4.69) is 118 Å². The summed E-state index contributed by atoms with van der Waals surface area (Å²) in [5.41, 5.74) is 12.9. The van der Waals surface area contributed by atoms with Gasteiger partial charge in [0.25, 0.3) is 0 Å². The Balaban J connectivity index is 1.45. The summed E-state index contributed by atoms with van der Waals surface area (Å²) in [6, 6.07) is 31.0. The number of aryl methyl sites for hydroxylation is 2. The Morgan fingerprint density at radius 2 is 1.20 bits per heavy atom. The second-order valence-corrected chi connectivity index (χ2v) is 9.01. The van der Waals surface area contributed by atoms with Crippen molar-refractivity contribution in [3.05, 3.63) is 107 Å². The molecule has 0 fully saturated rings. The standard InChI is InChI=1S/C29H27N/c1-19-15-20(2)17-24(16-19)30-23-12-9-21(10-13-23)22-11-14-26-25-7-5-6-8-27(25)29(3,4)28(26)18-22/h5-18,30H,1-4H3. The van der Waals surface area contributed by atoms with Crippen LogP contribution in [0.5, 0.6) is 0 Å². The van der Waals surface area contributed by atoms with Gasteiger partial charge in [0.1, 0.15) is 0 Å². The second-order valence-electron chi connectivity index (χ2n) is 9.01. The quantitative estimate of drug-likeness (QED) is 0.374. The summed E-state index contributed by atoms with van der Waals surface area (Å²) in [5, 5.41) is 3.53. The smallest absolute Gasteiger partial charge is 0.0389 e. The summed E-state index contributed by atoms with van der Waals surface area (Å²) in [6.07, 6.45) is 0. The van der Waals surface area contributed by atoms with Crippen molar-refractivity contribution in [2.24, 2.45) is 0 Å². The third-order valence-corrected chi connectivity index (χ3v) is 6.31. The van der Waals surface area contributed by atoms with Crippen molar-refractivity contribution >= 4 is 11.4 Å². The van der Waals surface area contributed by atoms with Gasteiger partial charge in [0.05, 0.1) is 0 Å². The Hall–Kier alpha value is -3.32. The first-order valence-electron chi connectivity index (χ1n) is 10.6. The zero-order valence-corrected chi connectivity index (χ0v) is 18.1. The zero-order valence-electron chi connectivity index (χ0n) is 18.1. The second kappa shape index (κ2) is 6.88. The van der Waals surface area contributed by atoms with Crippen molar-refractivity contribution in [3.63, 3.8) is 0 Å². The molecule has 1 nitrogen and oxygen atoms in total. The van der Waals surface area contributed by atoms with Crippen molar-refractivity contribution in [1.82, 2.24) is 0 Å². The van der Waals surface area contributed by atoms with Gasteiger partial charge in [-0.2, -0.15) is 0 Å². The van der Waals surface area contributed by atoms with Gasteiger partial charge in [-0.3, -0.25) is 0 Å². The minimum Gasteiger partial charge on any atom is -0.356 e. The van der Waals surface area contributed by atoms with Gasteiger partial charge >= 0.3 is 0 Å². The summed E-state index contributed by atoms with van der Waals surface area (Å²) in [6.45, 7) is 8.93. The minimum absolute atomic E-state index is 0.0342. The normalized spacial score (nSPS) is 13.6. The number of benzene rings is 4. The molecule has 1 aliphatic carbocycles. The topological polar surface area (TPSA) is 12.0 Å². The highest BCUT2D eigenvalue weighted by Crippen LogP contribution is 2.49. The zero-order chi connectivity index (χ0) is 20.9. The first kappa shape index (κ1) is 18.7. The van der Waals surface area contributed by atoms with E-state index in [-0.39, 0.29) is 5.41 Å². The Labute approximate surface area is 179 Å². The molecule has 0 heterocycles. The molecule has 0 aromatic heterocycles. The molecule has 5 rings (SSSR count). The SMILES string of the molecule is Cc1cc(C)cc(Nc2ccc(-c3ccc4c(c3)C(C)(C)c3ccccc3-4)cc2)c1. The van der Waals surface area contributed by atoms with E-state index in [4.69, 9.17) is 0 Å². The summed E-state index contributed by atoms with van der Waals surface area (Å²) in [4.78, 5) is 0. The van der Waals surface area contributed by atoms with Crippen molar-refractivity contribution in [1.29, 1.82) is 0 Å². The predicted octanol–water partition coefficient (Wildman–Crippen LogP) is 8.02. The lowest BCUT2D eigenvalue weighted by atomic mass is 9.81. The van der Waals surface area contributed by atoms with Gasteiger partial charge in [0.15, 0.2) is 0 Å². The van der Waals surface area contributed by atoms with Crippen LogP contribution in [0.4, 0.5) is 11.4 Å². The summed E-state index contributed by atoms with van der Waals surface area (Å²) >= 11 is 0. The lowest BCUT2D eigenvalue weighted by molar-refractivity contribution is 0.660. The van der Waals surface area contributed by atoms with Crippen molar-refractivity contribution < 1.29 is 0 Å². The minimum atomic E-state index is 0.0342. The molecule has 4 aromatic rings. The van der Waals surface area contributed by atoms with Crippen LogP contribution < -0.4 is 5.32 Å². The molecule has 0 saturated carbocycles. The van der Waals surface area contributed by atoms with E-state index in [1.54, 1.807) is 0 Å². The van der Waals surface area contributed by atoms with Crippen LogP contribution in [0.3, 0.4) is 0 Å². The molecule has 0 unspecified atom stereocenters. The molecular weight excluding hydrogens is 362 g/mol. The fourth-order valence-electron chi connectivity index (χ4n) is 4.84. The third-order valence-electron chi connectivity index (χ3n) is 6.31. The van der Waals surface area contributed by atoms with Crippen molar-refractivity contribution in [2.45, 2.75) is 33.1 Å². The van der Waals surface area contributed by atoms with Gasteiger partial charge in [0.2, 0.25) is 0 Å². The largest absolute Gasteiger partial charge is 0.356 e. The molecule has 0 aliphatic heterocycles. The maximum absolute atomic E-state index is 3.53. The van der Waals surface area contributed by atoms with Crippen LogP contribution in [-0.4, -0.2) is 0 Å². The summed E-state index contributed by atoms with van der Waals surface area (Å²) in [7, 11) is 0. The molecule has 1 N–H and O–H groups in total. The number of fused-ring (bicyclic) bond motifs is 3. The van der Waals surface area contributed by atoms with Gasteiger partial charge in [-0.25, -0.2) is 0 Å². The van der Waals surface area contributed by atoms with Crippen LogP contribution in [0.25, 0.3) is 22.3 Å². The monoisotopic (exact) mass is 389 g/mol. The highest BCUT2D eigenvalue weighted by Gasteiger charge is 2.35. The Bertz CT molecular complexity index is 1230. The number of hydrogen-bond acceptors (Lipinski definition) is 1. The molecule has 0 atom stereocenters. The van der Waals surface area contributed by atoms with Crippen LogP contribution in [0.2, 0.25) is 0 Å². The van der Waals surface area contributed by atoms with Gasteiger partial charge in [-0.1, -0.05) is 68.4 Å². The van der Waals surface area contributed by atoms with Crippen LogP contribution in [0.1, 0.15) is 36.1 Å². The maximum Gasteiger partial charge on any atom is 0.0389 e. The van der Waals surface area contributed by atoms with Crippen molar-refractivity contribution in [3.8, 4) is 22.3 Å². The van der Waals surface area contributed by atoms with E-state index >= 15 is 0 Å². The lowest BCUT2D eigenvalue weighted by Gasteiger charge is -2.22. The van der Waals surface area contributed by atoms with Crippen LogP contribution in [0.15, 0.2) is 84.9 Å². The fraction of sp³-hybridized carbons (Fsp3) is 0.172. The van der Waals surface area contributed by atoms with E-state index in [1.807, 2.05) is 0 Å². The van der Waals surface area contributed by atoms with Crippen LogP contribution >= 0.6 is 0 Å². The molecule has 0 saturated heterocycles. The molecule has 0 radical (unpaired) electrons. The van der Waals surface area contributed by atoms with Gasteiger partial charge in [0, 0.05) is 16.8 Å². The average Bonchev–Trinajstić information content (AvgIpc) is 2.95.